The van der Waals surface area contributed by atoms with Crippen molar-refractivity contribution >= 4 is 41.2 Å². The van der Waals surface area contributed by atoms with Gasteiger partial charge in [0, 0.05) is 28.6 Å². The van der Waals surface area contributed by atoms with Gasteiger partial charge in [-0.05, 0) is 81.8 Å². The maximum atomic E-state index is 12.2. The van der Waals surface area contributed by atoms with E-state index < -0.39 is 0 Å². The first kappa shape index (κ1) is 18.5. The van der Waals surface area contributed by atoms with Gasteiger partial charge < -0.3 is 4.90 Å². The fourth-order valence-electron chi connectivity index (χ4n) is 4.89. The number of anilines is 2. The summed E-state index contributed by atoms with van der Waals surface area (Å²) in [5.74, 6) is 0.0851. The number of para-hydroxylation sites is 1. The first-order valence-corrected chi connectivity index (χ1v) is 10.6. The predicted octanol–water partition coefficient (Wildman–Crippen LogP) is 4.42. The molecule has 0 bridgehead atoms. The molecule has 3 aliphatic rings. The van der Waals surface area contributed by atoms with Crippen LogP contribution in [0.2, 0.25) is 0 Å². The highest BCUT2D eigenvalue weighted by molar-refractivity contribution is 6.19. The second-order valence-corrected chi connectivity index (χ2v) is 8.15. The summed E-state index contributed by atoms with van der Waals surface area (Å²) in [5, 5.41) is 2.16. The molecule has 32 heavy (non-hydrogen) atoms. The maximum absolute atomic E-state index is 12.2. The molecule has 0 N–H and O–H groups in total. The Morgan fingerprint density at radius 3 is 2.31 bits per heavy atom. The first-order valence-electron chi connectivity index (χ1n) is 10.6. The van der Waals surface area contributed by atoms with Crippen molar-refractivity contribution in [3.8, 4) is 0 Å². The monoisotopic (exact) mass is 413 g/mol. The molecule has 1 atom stereocenters. The van der Waals surface area contributed by atoms with E-state index in [-0.39, 0.29) is 11.7 Å². The van der Waals surface area contributed by atoms with Crippen LogP contribution in [0.3, 0.4) is 0 Å². The molecule has 3 aliphatic carbocycles. The number of rotatable bonds is 4. The van der Waals surface area contributed by atoms with Crippen molar-refractivity contribution in [1.82, 2.24) is 0 Å². The van der Waals surface area contributed by atoms with E-state index in [1.165, 1.54) is 10.8 Å². The molecule has 152 valence electrons. The lowest BCUT2D eigenvalue weighted by molar-refractivity contribution is -0.109. The van der Waals surface area contributed by atoms with E-state index in [4.69, 9.17) is 0 Å². The zero-order chi connectivity index (χ0) is 21.7. The number of carbonyl (C=O) groups is 2. The minimum atomic E-state index is 0.0345. The number of allylic oxidation sites excluding steroid dienone is 5. The summed E-state index contributed by atoms with van der Waals surface area (Å²) in [7, 11) is 0. The molecular weight excluding hydrogens is 394 g/mol. The van der Waals surface area contributed by atoms with Crippen LogP contribution in [0.15, 0.2) is 96.7 Å². The second-order valence-electron chi connectivity index (χ2n) is 8.15. The summed E-state index contributed by atoms with van der Waals surface area (Å²) in [4.78, 5) is 25.6. The summed E-state index contributed by atoms with van der Waals surface area (Å²) >= 11 is 0. The third-order valence-electron chi connectivity index (χ3n) is 6.29. The molecule has 0 saturated heterocycles. The Morgan fingerprint density at radius 1 is 0.781 bits per heavy atom. The van der Waals surface area contributed by atoms with Crippen LogP contribution >= 0.6 is 0 Å². The second kappa shape index (κ2) is 7.17. The summed E-state index contributed by atoms with van der Waals surface area (Å²) < 4.78 is 0. The average molecular weight is 413 g/mol. The summed E-state index contributed by atoms with van der Waals surface area (Å²) in [6, 6.07) is 22.1. The Balaban J connectivity index is 1.57. The Hall–Kier alpha value is -4.24. The Kier molecular flexibility index (Phi) is 4.15. The van der Waals surface area contributed by atoms with E-state index in [1.54, 1.807) is 12.2 Å². The normalized spacial score (nSPS) is 17.4. The van der Waals surface area contributed by atoms with Crippen molar-refractivity contribution in [3.05, 3.63) is 124 Å². The van der Waals surface area contributed by atoms with Gasteiger partial charge in [0.2, 0.25) is 0 Å². The number of carbonyl (C=O) groups excluding carboxylic acids is 2. The van der Waals surface area contributed by atoms with Crippen molar-refractivity contribution < 1.29 is 9.59 Å². The van der Waals surface area contributed by atoms with Gasteiger partial charge in [-0.3, -0.25) is 9.59 Å². The number of ketones is 1. The van der Waals surface area contributed by atoms with Crippen LogP contribution in [0.5, 0.6) is 0 Å². The van der Waals surface area contributed by atoms with Crippen LogP contribution in [-0.4, -0.2) is 12.1 Å². The van der Waals surface area contributed by atoms with Crippen molar-refractivity contribution in [3.63, 3.8) is 0 Å². The Morgan fingerprint density at radius 2 is 1.53 bits per heavy atom. The summed E-state index contributed by atoms with van der Waals surface area (Å²) in [6.07, 6.45) is 12.9. The third kappa shape index (κ3) is 2.83. The first-order chi connectivity index (χ1) is 15.7. The van der Waals surface area contributed by atoms with Crippen molar-refractivity contribution in [1.29, 1.82) is 0 Å². The molecule has 6 rings (SSSR count). The van der Waals surface area contributed by atoms with Gasteiger partial charge in [0.05, 0.1) is 0 Å². The van der Waals surface area contributed by atoms with Crippen LogP contribution in [0, 0.1) is 0 Å². The molecule has 3 heteroatoms. The molecule has 1 unspecified atom stereocenters. The lowest BCUT2D eigenvalue weighted by atomic mass is 9.77. The van der Waals surface area contributed by atoms with Crippen molar-refractivity contribution in [2.45, 2.75) is 5.92 Å². The fourth-order valence-corrected chi connectivity index (χ4v) is 4.89. The molecular formula is C29H19NO2. The molecule has 0 aromatic heterocycles. The highest BCUT2D eigenvalue weighted by Crippen LogP contribution is 2.42. The summed E-state index contributed by atoms with van der Waals surface area (Å²) in [5.41, 5.74) is 7.20. The minimum Gasteiger partial charge on any atom is -0.313 e. The highest BCUT2D eigenvalue weighted by atomic mass is 16.1. The fraction of sp³-hybridized carbons (Fsp3) is 0.0345. The van der Waals surface area contributed by atoms with Gasteiger partial charge in [0.15, 0.2) is 5.78 Å². The molecule has 0 fully saturated rings. The average Bonchev–Trinajstić information content (AvgIpc) is 2.84. The number of aldehydes is 1. The molecule has 0 aliphatic heterocycles. The van der Waals surface area contributed by atoms with E-state index in [2.05, 4.69) is 47.4 Å². The van der Waals surface area contributed by atoms with Gasteiger partial charge in [0.1, 0.15) is 6.29 Å². The van der Waals surface area contributed by atoms with E-state index >= 15 is 0 Å². The van der Waals surface area contributed by atoms with Gasteiger partial charge in [-0.25, -0.2) is 0 Å². The number of hydrogen-bond acceptors (Lipinski definition) is 3. The topological polar surface area (TPSA) is 37.4 Å². The Bertz CT molecular complexity index is 1490. The molecule has 0 radical (unpaired) electrons. The standard InChI is InChI=1S/C29H19NO2/c31-18-19-6-12-24(13-7-19)30(23-4-2-1-3-5-23)27-15-11-20-8-9-21-16-25(32)17-22-10-14-26(27)29(20)28(21)22/h1-18,26H. The van der Waals surface area contributed by atoms with E-state index in [1.807, 2.05) is 48.5 Å². The molecule has 3 aromatic rings. The zero-order valence-electron chi connectivity index (χ0n) is 17.2. The van der Waals surface area contributed by atoms with Crippen LogP contribution < -0.4 is 15.3 Å². The van der Waals surface area contributed by atoms with Gasteiger partial charge in [0.25, 0.3) is 0 Å². The van der Waals surface area contributed by atoms with Gasteiger partial charge >= 0.3 is 0 Å². The van der Waals surface area contributed by atoms with Gasteiger partial charge in [-0.2, -0.15) is 0 Å². The van der Waals surface area contributed by atoms with Crippen molar-refractivity contribution in [2.24, 2.45) is 0 Å². The van der Waals surface area contributed by atoms with E-state index in [0.29, 0.717) is 5.56 Å². The maximum Gasteiger partial charge on any atom is 0.179 e. The molecule has 0 spiro atoms. The third-order valence-corrected chi connectivity index (χ3v) is 6.29. The number of hydrogen-bond donors (Lipinski definition) is 0. The van der Waals surface area contributed by atoms with Crippen LogP contribution in [0.4, 0.5) is 11.4 Å². The molecule has 0 amide bonds. The smallest absolute Gasteiger partial charge is 0.179 e. The molecule has 0 heterocycles. The van der Waals surface area contributed by atoms with Gasteiger partial charge in [-0.1, -0.05) is 48.6 Å². The largest absolute Gasteiger partial charge is 0.313 e. The van der Waals surface area contributed by atoms with E-state index in [0.717, 1.165) is 39.7 Å². The highest BCUT2D eigenvalue weighted by Gasteiger charge is 2.31. The SMILES string of the molecule is O=Cc1ccc(N(C2=CC=c3ccc4c5c3C2C=CC5=CC(=O)C=4)c2ccccc2)cc1. The van der Waals surface area contributed by atoms with E-state index in [9.17, 15) is 9.59 Å². The van der Waals surface area contributed by atoms with Crippen LogP contribution in [0.25, 0.3) is 17.7 Å². The van der Waals surface area contributed by atoms with Crippen molar-refractivity contribution in [2.75, 3.05) is 4.90 Å². The predicted molar refractivity (Wildman–Crippen MR) is 128 cm³/mol. The molecule has 3 nitrogen and oxygen atoms in total. The van der Waals surface area contributed by atoms with Crippen LogP contribution in [0.1, 0.15) is 27.4 Å². The minimum absolute atomic E-state index is 0.0345. The quantitative estimate of drug-likeness (QED) is 0.595. The molecule has 3 aromatic carbocycles. The van der Waals surface area contributed by atoms with Gasteiger partial charge in [-0.15, -0.1) is 0 Å². The lowest BCUT2D eigenvalue weighted by Crippen LogP contribution is -2.33. The zero-order valence-corrected chi connectivity index (χ0v) is 17.2. The lowest BCUT2D eigenvalue weighted by Gasteiger charge is -2.36. The summed E-state index contributed by atoms with van der Waals surface area (Å²) in [6.45, 7) is 0. The number of benzene rings is 3. The van der Waals surface area contributed by atoms with Crippen LogP contribution in [-0.2, 0) is 4.79 Å². The molecule has 0 saturated carbocycles. The Labute approximate surface area is 185 Å². The number of nitrogens with zero attached hydrogens (tertiary/aromatic N) is 1.